The molecule has 0 saturated heterocycles. The molecule has 90 valence electrons. The Hall–Kier alpha value is -1.02. The van der Waals surface area contributed by atoms with E-state index in [0.29, 0.717) is 12.1 Å². The highest BCUT2D eigenvalue weighted by atomic mass is 14.9. The standard InChI is InChI=1S/C14H24N2/c1-5-12(6-2)16-14-10-8-7-9-13(14)11(3)15-4/h7-12,15-16H,5-6H2,1-4H3. The van der Waals surface area contributed by atoms with Crippen LogP contribution in [0.4, 0.5) is 5.69 Å². The smallest absolute Gasteiger partial charge is 0.0390 e. The second-order valence-corrected chi connectivity index (χ2v) is 4.26. The van der Waals surface area contributed by atoms with Crippen molar-refractivity contribution in [3.8, 4) is 0 Å². The lowest BCUT2D eigenvalue weighted by Gasteiger charge is -2.21. The number of anilines is 1. The Bertz CT molecular complexity index is 305. The molecule has 1 unspecified atom stereocenters. The van der Waals surface area contributed by atoms with Gasteiger partial charge >= 0.3 is 0 Å². The Morgan fingerprint density at radius 1 is 1.12 bits per heavy atom. The van der Waals surface area contributed by atoms with Gasteiger partial charge in [0.05, 0.1) is 0 Å². The predicted molar refractivity (Wildman–Crippen MR) is 71.9 cm³/mol. The second-order valence-electron chi connectivity index (χ2n) is 4.26. The Balaban J connectivity index is 2.86. The zero-order valence-electron chi connectivity index (χ0n) is 10.9. The molecule has 0 saturated carbocycles. The Labute approximate surface area is 99.5 Å². The number of hydrogen-bond donors (Lipinski definition) is 2. The third kappa shape index (κ3) is 3.24. The maximum absolute atomic E-state index is 3.62. The van der Waals surface area contributed by atoms with Gasteiger partial charge in [0, 0.05) is 17.8 Å². The van der Waals surface area contributed by atoms with E-state index in [2.05, 4.69) is 55.7 Å². The van der Waals surface area contributed by atoms with Gasteiger partial charge in [0.2, 0.25) is 0 Å². The molecule has 2 heteroatoms. The van der Waals surface area contributed by atoms with Gasteiger partial charge in [0.1, 0.15) is 0 Å². The monoisotopic (exact) mass is 220 g/mol. The number of nitrogens with one attached hydrogen (secondary N) is 2. The molecule has 0 spiro atoms. The molecule has 1 aromatic rings. The van der Waals surface area contributed by atoms with Crippen LogP contribution in [-0.2, 0) is 0 Å². The first kappa shape index (κ1) is 13.0. The van der Waals surface area contributed by atoms with Crippen LogP contribution in [0.3, 0.4) is 0 Å². The van der Waals surface area contributed by atoms with E-state index >= 15 is 0 Å². The fourth-order valence-corrected chi connectivity index (χ4v) is 1.87. The summed E-state index contributed by atoms with van der Waals surface area (Å²) in [5, 5.41) is 6.91. The summed E-state index contributed by atoms with van der Waals surface area (Å²) in [6, 6.07) is 9.51. The van der Waals surface area contributed by atoms with Crippen LogP contribution in [0.5, 0.6) is 0 Å². The molecule has 0 aliphatic carbocycles. The highest BCUT2D eigenvalue weighted by molar-refractivity contribution is 5.53. The zero-order chi connectivity index (χ0) is 12.0. The van der Waals surface area contributed by atoms with Gasteiger partial charge in [-0.25, -0.2) is 0 Å². The van der Waals surface area contributed by atoms with E-state index in [9.17, 15) is 0 Å². The number of benzene rings is 1. The lowest BCUT2D eigenvalue weighted by molar-refractivity contribution is 0.641. The molecular weight excluding hydrogens is 196 g/mol. The van der Waals surface area contributed by atoms with Crippen LogP contribution < -0.4 is 10.6 Å². The molecule has 2 nitrogen and oxygen atoms in total. The highest BCUT2D eigenvalue weighted by Crippen LogP contribution is 2.23. The van der Waals surface area contributed by atoms with Gasteiger partial charge in [-0.15, -0.1) is 0 Å². The normalized spacial score (nSPS) is 12.8. The first-order valence-corrected chi connectivity index (χ1v) is 6.25. The predicted octanol–water partition coefficient (Wildman–Crippen LogP) is 3.57. The van der Waals surface area contributed by atoms with Crippen molar-refractivity contribution in [2.75, 3.05) is 12.4 Å². The van der Waals surface area contributed by atoms with Crippen LogP contribution in [0, 0.1) is 0 Å². The van der Waals surface area contributed by atoms with Crippen LogP contribution in [0.25, 0.3) is 0 Å². The summed E-state index contributed by atoms with van der Waals surface area (Å²) in [5.41, 5.74) is 2.61. The van der Waals surface area contributed by atoms with Crippen LogP contribution in [0.2, 0.25) is 0 Å². The van der Waals surface area contributed by atoms with E-state index in [4.69, 9.17) is 0 Å². The van der Waals surface area contributed by atoms with E-state index in [-0.39, 0.29) is 0 Å². The minimum Gasteiger partial charge on any atom is -0.382 e. The molecule has 0 heterocycles. The van der Waals surface area contributed by atoms with Gasteiger partial charge in [-0.2, -0.15) is 0 Å². The Morgan fingerprint density at radius 3 is 2.31 bits per heavy atom. The molecule has 1 rings (SSSR count). The maximum Gasteiger partial charge on any atom is 0.0390 e. The van der Waals surface area contributed by atoms with Gasteiger partial charge in [0.25, 0.3) is 0 Å². The van der Waals surface area contributed by atoms with Crippen molar-refractivity contribution in [2.24, 2.45) is 0 Å². The summed E-state index contributed by atoms with van der Waals surface area (Å²) < 4.78 is 0. The van der Waals surface area contributed by atoms with Crippen molar-refractivity contribution in [3.05, 3.63) is 29.8 Å². The largest absolute Gasteiger partial charge is 0.382 e. The topological polar surface area (TPSA) is 24.1 Å². The summed E-state index contributed by atoms with van der Waals surface area (Å²) in [7, 11) is 2.00. The molecule has 0 amide bonds. The van der Waals surface area contributed by atoms with Crippen molar-refractivity contribution < 1.29 is 0 Å². The summed E-state index contributed by atoms with van der Waals surface area (Å²) >= 11 is 0. The van der Waals surface area contributed by atoms with Crippen molar-refractivity contribution in [1.82, 2.24) is 5.32 Å². The van der Waals surface area contributed by atoms with E-state index in [0.717, 1.165) is 0 Å². The quantitative estimate of drug-likeness (QED) is 0.766. The molecule has 0 radical (unpaired) electrons. The molecule has 0 aliphatic heterocycles. The summed E-state index contributed by atoms with van der Waals surface area (Å²) in [6.45, 7) is 6.64. The van der Waals surface area contributed by atoms with Gasteiger partial charge in [-0.1, -0.05) is 32.0 Å². The van der Waals surface area contributed by atoms with Crippen molar-refractivity contribution in [3.63, 3.8) is 0 Å². The fraction of sp³-hybridized carbons (Fsp3) is 0.571. The average molecular weight is 220 g/mol. The van der Waals surface area contributed by atoms with Crippen LogP contribution in [0.1, 0.15) is 45.2 Å². The second kappa shape index (κ2) is 6.54. The van der Waals surface area contributed by atoms with E-state index < -0.39 is 0 Å². The summed E-state index contributed by atoms with van der Waals surface area (Å²) in [4.78, 5) is 0. The van der Waals surface area contributed by atoms with Crippen molar-refractivity contribution in [1.29, 1.82) is 0 Å². The summed E-state index contributed by atoms with van der Waals surface area (Å²) in [6.07, 6.45) is 2.33. The zero-order valence-corrected chi connectivity index (χ0v) is 10.9. The molecule has 0 aliphatic rings. The highest BCUT2D eigenvalue weighted by Gasteiger charge is 2.10. The lowest BCUT2D eigenvalue weighted by atomic mass is 10.0. The molecule has 0 fully saturated rings. The lowest BCUT2D eigenvalue weighted by Crippen LogP contribution is -2.20. The third-order valence-electron chi connectivity index (χ3n) is 3.21. The van der Waals surface area contributed by atoms with Crippen molar-refractivity contribution >= 4 is 5.69 Å². The van der Waals surface area contributed by atoms with E-state index in [1.807, 2.05) is 7.05 Å². The number of para-hydroxylation sites is 1. The molecule has 1 atom stereocenters. The minimum atomic E-state index is 0.387. The number of rotatable bonds is 6. The van der Waals surface area contributed by atoms with Crippen LogP contribution in [-0.4, -0.2) is 13.1 Å². The first-order chi connectivity index (χ1) is 7.72. The van der Waals surface area contributed by atoms with Crippen LogP contribution in [0.15, 0.2) is 24.3 Å². The van der Waals surface area contributed by atoms with E-state index in [1.54, 1.807) is 0 Å². The molecule has 2 N–H and O–H groups in total. The van der Waals surface area contributed by atoms with Gasteiger partial charge < -0.3 is 10.6 Å². The molecular formula is C14H24N2. The first-order valence-electron chi connectivity index (χ1n) is 6.25. The maximum atomic E-state index is 3.62. The van der Waals surface area contributed by atoms with Gasteiger partial charge in [-0.05, 0) is 38.4 Å². The molecule has 1 aromatic carbocycles. The minimum absolute atomic E-state index is 0.387. The molecule has 16 heavy (non-hydrogen) atoms. The summed E-state index contributed by atoms with van der Waals surface area (Å²) in [5.74, 6) is 0. The average Bonchev–Trinajstić information content (AvgIpc) is 2.35. The molecule has 0 aromatic heterocycles. The third-order valence-corrected chi connectivity index (χ3v) is 3.21. The van der Waals surface area contributed by atoms with E-state index in [1.165, 1.54) is 24.1 Å². The van der Waals surface area contributed by atoms with Gasteiger partial charge in [0.15, 0.2) is 0 Å². The van der Waals surface area contributed by atoms with Gasteiger partial charge in [-0.3, -0.25) is 0 Å². The van der Waals surface area contributed by atoms with Crippen LogP contribution >= 0.6 is 0 Å². The SMILES string of the molecule is CCC(CC)Nc1ccccc1C(C)NC. The fourth-order valence-electron chi connectivity index (χ4n) is 1.87. The van der Waals surface area contributed by atoms with Crippen molar-refractivity contribution in [2.45, 2.75) is 45.7 Å². The number of hydrogen-bond acceptors (Lipinski definition) is 2. The Morgan fingerprint density at radius 2 is 1.75 bits per heavy atom. The molecule has 0 bridgehead atoms. The Kier molecular flexibility index (Phi) is 5.33.